The van der Waals surface area contributed by atoms with Crippen LogP contribution in [0.3, 0.4) is 0 Å². The average Bonchev–Trinajstić information content (AvgIpc) is 2.50. The lowest BCUT2D eigenvalue weighted by molar-refractivity contribution is -0.121. The number of para-hydroxylation sites is 1. The summed E-state index contributed by atoms with van der Waals surface area (Å²) in [5.74, 6) is 0.0349. The van der Waals surface area contributed by atoms with Crippen molar-refractivity contribution in [3.05, 3.63) is 54.1 Å². The average molecular weight is 294 g/mol. The Kier molecular flexibility index (Phi) is 3.78. The van der Waals surface area contributed by atoms with Crippen molar-refractivity contribution in [3.8, 4) is 0 Å². The van der Waals surface area contributed by atoms with E-state index in [1.165, 1.54) is 0 Å². The molecular formula is C17H18N4O. The van der Waals surface area contributed by atoms with E-state index in [1.54, 1.807) is 0 Å². The number of carbonyl (C=O) groups is 1. The maximum Gasteiger partial charge on any atom is 0.240 e. The van der Waals surface area contributed by atoms with E-state index in [-0.39, 0.29) is 11.8 Å². The van der Waals surface area contributed by atoms with Crippen LogP contribution in [0.25, 0.3) is 0 Å². The Hall–Kier alpha value is -2.82. The van der Waals surface area contributed by atoms with Crippen molar-refractivity contribution in [2.24, 2.45) is 11.0 Å². The number of benzene rings is 2. The van der Waals surface area contributed by atoms with Crippen molar-refractivity contribution in [2.75, 3.05) is 11.1 Å². The van der Waals surface area contributed by atoms with Crippen LogP contribution in [0, 0.1) is 5.92 Å². The van der Waals surface area contributed by atoms with Crippen LogP contribution in [0.1, 0.15) is 18.9 Å². The number of amides is 1. The third-order valence-corrected chi connectivity index (χ3v) is 3.66. The van der Waals surface area contributed by atoms with Gasteiger partial charge < -0.3 is 11.1 Å². The zero-order valence-electron chi connectivity index (χ0n) is 12.3. The second kappa shape index (κ2) is 5.89. The number of hydrazone groups is 1. The van der Waals surface area contributed by atoms with Gasteiger partial charge in [-0.2, -0.15) is 5.10 Å². The molecule has 0 saturated heterocycles. The smallest absolute Gasteiger partial charge is 0.240 e. The summed E-state index contributed by atoms with van der Waals surface area (Å²) in [4.78, 5) is 11.3. The fraction of sp³-hybridized carbons (Fsp3) is 0.176. The molecule has 0 aliphatic carbocycles. The molecule has 2 aromatic carbocycles. The highest BCUT2D eigenvalue weighted by Crippen LogP contribution is 2.26. The van der Waals surface area contributed by atoms with Gasteiger partial charge in [0.15, 0.2) is 0 Å². The minimum Gasteiger partial charge on any atom is -0.397 e. The van der Waals surface area contributed by atoms with E-state index in [0.717, 1.165) is 22.6 Å². The van der Waals surface area contributed by atoms with Crippen molar-refractivity contribution in [2.45, 2.75) is 13.3 Å². The second-order valence-electron chi connectivity index (χ2n) is 5.43. The van der Waals surface area contributed by atoms with Gasteiger partial charge in [-0.25, -0.2) is 5.43 Å². The molecule has 5 heteroatoms. The largest absolute Gasteiger partial charge is 0.397 e. The normalized spacial score (nSPS) is 17.6. The van der Waals surface area contributed by atoms with Gasteiger partial charge in [0.05, 0.1) is 17.1 Å². The number of nitrogens with zero attached hydrogens (tertiary/aromatic N) is 1. The molecule has 0 radical (unpaired) electrons. The number of nitrogens with one attached hydrogen (secondary N) is 2. The molecule has 0 fully saturated rings. The summed E-state index contributed by atoms with van der Waals surface area (Å²) in [7, 11) is 0. The van der Waals surface area contributed by atoms with Crippen molar-refractivity contribution < 1.29 is 4.79 Å². The maximum absolute atomic E-state index is 11.3. The monoisotopic (exact) mass is 294 g/mol. The molecule has 0 saturated carbocycles. The van der Waals surface area contributed by atoms with E-state index < -0.39 is 0 Å². The molecular weight excluding hydrogens is 276 g/mol. The first-order chi connectivity index (χ1) is 10.6. The molecule has 112 valence electrons. The van der Waals surface area contributed by atoms with E-state index in [0.29, 0.717) is 12.1 Å². The molecule has 1 aliphatic rings. The number of carbonyl (C=O) groups excluding carboxylic acids is 1. The lowest BCUT2D eigenvalue weighted by Crippen LogP contribution is -2.32. The third kappa shape index (κ3) is 2.93. The second-order valence-corrected chi connectivity index (χ2v) is 5.43. The standard InChI is InChI=1S/C17H18N4O/c1-11-9-16(22)20-21-17(11)12-7-8-15(14(18)10-12)19-13-5-3-2-4-6-13/h2-8,10-11,19H,9,18H2,1H3,(H,20,22). The molecule has 1 amide bonds. The van der Waals surface area contributed by atoms with Gasteiger partial charge in [0.1, 0.15) is 0 Å². The number of hydrogen-bond acceptors (Lipinski definition) is 4. The van der Waals surface area contributed by atoms with Crippen molar-refractivity contribution in [3.63, 3.8) is 0 Å². The van der Waals surface area contributed by atoms with Gasteiger partial charge in [0.2, 0.25) is 5.91 Å². The Balaban J connectivity index is 1.85. The summed E-state index contributed by atoms with van der Waals surface area (Å²) >= 11 is 0. The Morgan fingerprint density at radius 3 is 2.68 bits per heavy atom. The van der Waals surface area contributed by atoms with Gasteiger partial charge in [-0.3, -0.25) is 4.79 Å². The lowest BCUT2D eigenvalue weighted by Gasteiger charge is -2.20. The molecule has 4 N–H and O–H groups in total. The van der Waals surface area contributed by atoms with Gasteiger partial charge in [0.25, 0.3) is 0 Å². The number of rotatable bonds is 3. The van der Waals surface area contributed by atoms with E-state index in [1.807, 2.05) is 55.5 Å². The number of nitrogens with two attached hydrogens (primary N) is 1. The minimum absolute atomic E-state index is 0.0495. The Morgan fingerprint density at radius 2 is 2.00 bits per heavy atom. The Bertz CT molecular complexity index is 725. The summed E-state index contributed by atoms with van der Waals surface area (Å²) in [5, 5.41) is 7.44. The fourth-order valence-electron chi connectivity index (χ4n) is 2.52. The highest BCUT2D eigenvalue weighted by molar-refractivity contribution is 6.06. The van der Waals surface area contributed by atoms with Crippen molar-refractivity contribution in [1.82, 2.24) is 5.43 Å². The molecule has 5 nitrogen and oxygen atoms in total. The van der Waals surface area contributed by atoms with E-state index >= 15 is 0 Å². The summed E-state index contributed by atoms with van der Waals surface area (Å²) in [6, 6.07) is 15.7. The van der Waals surface area contributed by atoms with Crippen molar-refractivity contribution >= 4 is 28.7 Å². The first-order valence-electron chi connectivity index (χ1n) is 7.22. The predicted octanol–water partition coefficient (Wildman–Crippen LogP) is 2.87. The molecule has 22 heavy (non-hydrogen) atoms. The summed E-state index contributed by atoms with van der Waals surface area (Å²) in [6.07, 6.45) is 0.447. The quantitative estimate of drug-likeness (QED) is 0.761. The highest BCUT2D eigenvalue weighted by Gasteiger charge is 2.21. The van der Waals surface area contributed by atoms with Crippen LogP contribution in [-0.2, 0) is 4.79 Å². The van der Waals surface area contributed by atoms with E-state index in [2.05, 4.69) is 15.8 Å². The zero-order valence-corrected chi connectivity index (χ0v) is 12.3. The summed E-state index contributed by atoms with van der Waals surface area (Å²) in [5.41, 5.74) is 12.9. The molecule has 0 aromatic heterocycles. The highest BCUT2D eigenvalue weighted by atomic mass is 16.2. The van der Waals surface area contributed by atoms with Crippen LogP contribution in [0.4, 0.5) is 17.1 Å². The minimum atomic E-state index is -0.0495. The van der Waals surface area contributed by atoms with Crippen molar-refractivity contribution in [1.29, 1.82) is 0 Å². The number of nitrogen functional groups attached to an aromatic ring is 1. The summed E-state index contributed by atoms with van der Waals surface area (Å²) < 4.78 is 0. The SMILES string of the molecule is CC1CC(=O)NN=C1c1ccc(Nc2ccccc2)c(N)c1. The van der Waals surface area contributed by atoms with Crippen LogP contribution in [0.2, 0.25) is 0 Å². The van der Waals surface area contributed by atoms with Gasteiger partial charge in [0, 0.05) is 23.6 Å². The first kappa shape index (κ1) is 14.1. The summed E-state index contributed by atoms with van der Waals surface area (Å²) in [6.45, 7) is 1.99. The number of anilines is 3. The molecule has 1 atom stereocenters. The zero-order chi connectivity index (χ0) is 15.5. The molecule has 0 spiro atoms. The molecule has 1 heterocycles. The van der Waals surface area contributed by atoms with E-state index in [4.69, 9.17) is 5.73 Å². The van der Waals surface area contributed by atoms with Gasteiger partial charge in [-0.05, 0) is 24.3 Å². The third-order valence-electron chi connectivity index (χ3n) is 3.66. The van der Waals surface area contributed by atoms with Gasteiger partial charge >= 0.3 is 0 Å². The van der Waals surface area contributed by atoms with Crippen LogP contribution in [-0.4, -0.2) is 11.6 Å². The molecule has 1 unspecified atom stereocenters. The first-order valence-corrected chi connectivity index (χ1v) is 7.22. The van der Waals surface area contributed by atoms with Gasteiger partial charge in [-0.1, -0.05) is 31.2 Å². The van der Waals surface area contributed by atoms with Crippen LogP contribution >= 0.6 is 0 Å². The number of hydrogen-bond donors (Lipinski definition) is 3. The molecule has 0 bridgehead atoms. The Morgan fingerprint density at radius 1 is 1.23 bits per heavy atom. The van der Waals surface area contributed by atoms with Gasteiger partial charge in [-0.15, -0.1) is 0 Å². The van der Waals surface area contributed by atoms with E-state index in [9.17, 15) is 4.79 Å². The maximum atomic E-state index is 11.3. The molecule has 3 rings (SSSR count). The topological polar surface area (TPSA) is 79.5 Å². The molecule has 2 aromatic rings. The van der Waals surface area contributed by atoms with Crippen LogP contribution in [0.15, 0.2) is 53.6 Å². The predicted molar refractivity (Wildman–Crippen MR) is 89.0 cm³/mol. The van der Waals surface area contributed by atoms with Crippen LogP contribution < -0.4 is 16.5 Å². The lowest BCUT2D eigenvalue weighted by atomic mass is 9.93. The van der Waals surface area contributed by atoms with Crippen LogP contribution in [0.5, 0.6) is 0 Å². The molecule has 1 aliphatic heterocycles. The fourth-order valence-corrected chi connectivity index (χ4v) is 2.52. The Labute approximate surface area is 129 Å².